The van der Waals surface area contributed by atoms with Gasteiger partial charge in [-0.25, -0.2) is 4.79 Å². The van der Waals surface area contributed by atoms with Gasteiger partial charge in [-0.2, -0.15) is 0 Å². The molecule has 0 heterocycles. The van der Waals surface area contributed by atoms with Crippen molar-refractivity contribution in [2.75, 3.05) is 18.5 Å². The second-order valence-corrected chi connectivity index (χ2v) is 6.15. The Morgan fingerprint density at radius 1 is 1.04 bits per heavy atom. The molecule has 0 saturated heterocycles. The zero-order valence-corrected chi connectivity index (χ0v) is 15.7. The summed E-state index contributed by atoms with van der Waals surface area (Å²) < 4.78 is 4.93. The quantitative estimate of drug-likeness (QED) is 0.533. The van der Waals surface area contributed by atoms with Gasteiger partial charge in [-0.3, -0.25) is 9.59 Å². The molecule has 0 aromatic heterocycles. The largest absolute Gasteiger partial charge is 0.462 e. The van der Waals surface area contributed by atoms with Gasteiger partial charge in [-0.1, -0.05) is 17.7 Å². The normalized spacial score (nSPS) is 10.1. The molecule has 2 amide bonds. The monoisotopic (exact) mass is 388 g/mol. The van der Waals surface area contributed by atoms with Gasteiger partial charge in [0.05, 0.1) is 12.2 Å². The highest BCUT2D eigenvalue weighted by Crippen LogP contribution is 2.12. The minimum atomic E-state index is -0.432. The molecule has 0 atom stereocenters. The van der Waals surface area contributed by atoms with Crippen LogP contribution in [0.3, 0.4) is 0 Å². The lowest BCUT2D eigenvalue weighted by atomic mass is 10.2. The van der Waals surface area contributed by atoms with Gasteiger partial charge in [-0.05, 0) is 55.8 Å². The summed E-state index contributed by atoms with van der Waals surface area (Å²) in [6.45, 7) is 2.39. The lowest BCUT2D eigenvalue weighted by Crippen LogP contribution is -2.25. The SMILES string of the molecule is CCOC(=O)c1cccc(NC(=O)CCCNC(=O)c2ccc(Cl)cc2)c1. The van der Waals surface area contributed by atoms with Crippen LogP contribution >= 0.6 is 11.6 Å². The molecule has 0 fully saturated rings. The number of carbonyl (C=O) groups is 3. The van der Waals surface area contributed by atoms with Crippen molar-refractivity contribution in [1.82, 2.24) is 5.32 Å². The lowest BCUT2D eigenvalue weighted by Gasteiger charge is -2.08. The number of esters is 1. The van der Waals surface area contributed by atoms with Crippen LogP contribution < -0.4 is 10.6 Å². The maximum atomic E-state index is 12.0. The van der Waals surface area contributed by atoms with Gasteiger partial charge >= 0.3 is 5.97 Å². The molecule has 2 N–H and O–H groups in total. The minimum absolute atomic E-state index is 0.197. The van der Waals surface area contributed by atoms with E-state index in [1.165, 1.54) is 0 Å². The van der Waals surface area contributed by atoms with Crippen molar-refractivity contribution in [3.63, 3.8) is 0 Å². The lowest BCUT2D eigenvalue weighted by molar-refractivity contribution is -0.116. The Labute approximate surface area is 162 Å². The van der Waals surface area contributed by atoms with Crippen LogP contribution in [0, 0.1) is 0 Å². The zero-order chi connectivity index (χ0) is 19.6. The van der Waals surface area contributed by atoms with Gasteiger partial charge in [0.1, 0.15) is 0 Å². The molecule has 0 unspecified atom stereocenters. The maximum absolute atomic E-state index is 12.0. The Morgan fingerprint density at radius 3 is 2.48 bits per heavy atom. The van der Waals surface area contributed by atoms with E-state index in [4.69, 9.17) is 16.3 Å². The first kappa shape index (κ1) is 20.5. The minimum Gasteiger partial charge on any atom is -0.462 e. The fourth-order valence-electron chi connectivity index (χ4n) is 2.32. The summed E-state index contributed by atoms with van der Waals surface area (Å²) >= 11 is 5.79. The topological polar surface area (TPSA) is 84.5 Å². The number of hydrogen-bond acceptors (Lipinski definition) is 4. The van der Waals surface area contributed by atoms with Gasteiger partial charge in [0.25, 0.3) is 5.91 Å². The van der Waals surface area contributed by atoms with Crippen LogP contribution in [0.15, 0.2) is 48.5 Å². The molecule has 6 nitrogen and oxygen atoms in total. The summed E-state index contributed by atoms with van der Waals surface area (Å²) in [5.41, 5.74) is 1.42. The summed E-state index contributed by atoms with van der Waals surface area (Å²) in [5, 5.41) is 6.05. The van der Waals surface area contributed by atoms with Gasteiger partial charge in [0.15, 0.2) is 0 Å². The van der Waals surface area contributed by atoms with Crippen molar-refractivity contribution in [1.29, 1.82) is 0 Å². The molecular formula is C20H21ClN2O4. The number of halogens is 1. The van der Waals surface area contributed by atoms with Crippen molar-refractivity contribution in [3.8, 4) is 0 Å². The second kappa shape index (κ2) is 10.3. The third kappa shape index (κ3) is 6.75. The average Bonchev–Trinajstić information content (AvgIpc) is 2.66. The van der Waals surface area contributed by atoms with Gasteiger partial charge in [-0.15, -0.1) is 0 Å². The number of nitrogens with one attached hydrogen (secondary N) is 2. The highest BCUT2D eigenvalue weighted by atomic mass is 35.5. The van der Waals surface area contributed by atoms with E-state index < -0.39 is 5.97 Å². The number of amides is 2. The summed E-state index contributed by atoms with van der Waals surface area (Å²) in [5.74, 6) is -0.843. The Bertz CT molecular complexity index is 806. The third-order valence-corrected chi connectivity index (χ3v) is 3.88. The van der Waals surface area contributed by atoms with E-state index in [0.29, 0.717) is 34.8 Å². The highest BCUT2D eigenvalue weighted by Gasteiger charge is 2.09. The van der Waals surface area contributed by atoms with Crippen molar-refractivity contribution in [2.45, 2.75) is 19.8 Å². The van der Waals surface area contributed by atoms with Crippen molar-refractivity contribution < 1.29 is 19.1 Å². The van der Waals surface area contributed by atoms with E-state index in [1.807, 2.05) is 0 Å². The van der Waals surface area contributed by atoms with Crippen LogP contribution in [0.2, 0.25) is 5.02 Å². The molecule has 0 aliphatic carbocycles. The molecule has 2 aromatic rings. The van der Waals surface area contributed by atoms with E-state index in [2.05, 4.69) is 10.6 Å². The average molecular weight is 389 g/mol. The van der Waals surface area contributed by atoms with Crippen molar-refractivity contribution >= 4 is 35.1 Å². The van der Waals surface area contributed by atoms with Crippen molar-refractivity contribution in [2.24, 2.45) is 0 Å². The van der Waals surface area contributed by atoms with E-state index in [9.17, 15) is 14.4 Å². The van der Waals surface area contributed by atoms with Gasteiger partial charge in [0.2, 0.25) is 5.91 Å². The first-order chi connectivity index (χ1) is 13.0. The Kier molecular flexibility index (Phi) is 7.82. The number of benzene rings is 2. The van der Waals surface area contributed by atoms with E-state index >= 15 is 0 Å². The van der Waals surface area contributed by atoms with Gasteiger partial charge in [0, 0.05) is 29.2 Å². The Hall–Kier alpha value is -2.86. The number of anilines is 1. The molecule has 0 saturated carbocycles. The summed E-state index contributed by atoms with van der Waals surface area (Å²) in [6.07, 6.45) is 0.729. The molecular weight excluding hydrogens is 368 g/mol. The van der Waals surface area contributed by atoms with Crippen LogP contribution in [0.1, 0.15) is 40.5 Å². The highest BCUT2D eigenvalue weighted by molar-refractivity contribution is 6.30. The molecule has 0 radical (unpaired) electrons. The first-order valence-corrected chi connectivity index (χ1v) is 8.98. The predicted octanol–water partition coefficient (Wildman–Crippen LogP) is 3.67. The summed E-state index contributed by atoms with van der Waals surface area (Å²) in [7, 11) is 0. The Balaban J connectivity index is 1.75. The predicted molar refractivity (Wildman–Crippen MR) is 104 cm³/mol. The van der Waals surface area contributed by atoms with Crippen LogP contribution in [0.5, 0.6) is 0 Å². The summed E-state index contributed by atoms with van der Waals surface area (Å²) in [4.78, 5) is 35.7. The van der Waals surface area contributed by atoms with Crippen LogP contribution in [-0.4, -0.2) is 30.9 Å². The Morgan fingerprint density at radius 2 is 1.78 bits per heavy atom. The van der Waals surface area contributed by atoms with Crippen LogP contribution in [0.4, 0.5) is 5.69 Å². The summed E-state index contributed by atoms with van der Waals surface area (Å²) in [6, 6.07) is 13.1. The molecule has 7 heteroatoms. The fraction of sp³-hybridized carbons (Fsp3) is 0.250. The smallest absolute Gasteiger partial charge is 0.338 e. The van der Waals surface area contributed by atoms with E-state index in [0.717, 1.165) is 0 Å². The zero-order valence-electron chi connectivity index (χ0n) is 15.0. The van der Waals surface area contributed by atoms with Crippen LogP contribution in [-0.2, 0) is 9.53 Å². The number of hydrogen-bond donors (Lipinski definition) is 2. The molecule has 0 aliphatic heterocycles. The molecule has 0 spiro atoms. The third-order valence-electron chi connectivity index (χ3n) is 3.63. The number of ether oxygens (including phenoxy) is 1. The van der Waals surface area contributed by atoms with E-state index in [-0.39, 0.29) is 24.8 Å². The molecule has 0 aliphatic rings. The molecule has 142 valence electrons. The van der Waals surface area contributed by atoms with Gasteiger partial charge < -0.3 is 15.4 Å². The van der Waals surface area contributed by atoms with Crippen molar-refractivity contribution in [3.05, 3.63) is 64.7 Å². The molecule has 27 heavy (non-hydrogen) atoms. The van der Waals surface area contributed by atoms with Crippen LogP contribution in [0.25, 0.3) is 0 Å². The maximum Gasteiger partial charge on any atom is 0.338 e. The number of rotatable bonds is 8. The van der Waals surface area contributed by atoms with E-state index in [1.54, 1.807) is 55.5 Å². The molecule has 2 rings (SSSR count). The first-order valence-electron chi connectivity index (χ1n) is 8.60. The standard InChI is InChI=1S/C20H21ClN2O4/c1-2-27-20(26)15-5-3-6-17(13-15)23-18(24)7-4-12-22-19(25)14-8-10-16(21)11-9-14/h3,5-6,8-11,13H,2,4,7,12H2,1H3,(H,22,25)(H,23,24). The molecule has 0 bridgehead atoms. The fourth-order valence-corrected chi connectivity index (χ4v) is 2.44. The number of carbonyl (C=O) groups excluding carboxylic acids is 3. The molecule has 2 aromatic carbocycles. The second-order valence-electron chi connectivity index (χ2n) is 5.72.